The van der Waals surface area contributed by atoms with Crippen molar-refractivity contribution in [1.82, 2.24) is 0 Å². The maximum Gasteiger partial charge on any atom is 0.312 e. The second-order valence-corrected chi connectivity index (χ2v) is 5.99. The van der Waals surface area contributed by atoms with Crippen molar-refractivity contribution < 1.29 is 14.6 Å². The number of rotatable bonds is 5. The van der Waals surface area contributed by atoms with Gasteiger partial charge in [0, 0.05) is 0 Å². The van der Waals surface area contributed by atoms with Crippen molar-refractivity contribution in [2.75, 3.05) is 6.61 Å². The summed E-state index contributed by atoms with van der Waals surface area (Å²) in [6.45, 7) is 10.5. The van der Waals surface area contributed by atoms with E-state index in [-0.39, 0.29) is 17.8 Å². The van der Waals surface area contributed by atoms with Gasteiger partial charge in [0.2, 0.25) is 0 Å². The standard InChI is InChI=1S/C14H26O3/c1-6-17-13(15)12(10(4)5)14(16)7-11(8-14)9(2)3/h9-12,16H,6-8H2,1-5H3. The zero-order chi connectivity index (χ0) is 13.2. The Balaban J connectivity index is 2.70. The third kappa shape index (κ3) is 3.01. The van der Waals surface area contributed by atoms with E-state index < -0.39 is 5.60 Å². The molecule has 3 heteroatoms. The summed E-state index contributed by atoms with van der Waals surface area (Å²) in [7, 11) is 0. The van der Waals surface area contributed by atoms with Crippen LogP contribution in [0.2, 0.25) is 0 Å². The minimum absolute atomic E-state index is 0.118. The molecule has 1 N–H and O–H groups in total. The summed E-state index contributed by atoms with van der Waals surface area (Å²) >= 11 is 0. The van der Waals surface area contributed by atoms with Crippen molar-refractivity contribution in [3.63, 3.8) is 0 Å². The van der Waals surface area contributed by atoms with E-state index in [1.807, 2.05) is 13.8 Å². The van der Waals surface area contributed by atoms with Gasteiger partial charge in [0.05, 0.1) is 18.1 Å². The fourth-order valence-corrected chi connectivity index (χ4v) is 2.92. The molecule has 1 fully saturated rings. The highest BCUT2D eigenvalue weighted by molar-refractivity contribution is 5.74. The van der Waals surface area contributed by atoms with E-state index >= 15 is 0 Å². The Morgan fingerprint density at radius 1 is 1.35 bits per heavy atom. The Labute approximate surface area is 105 Å². The van der Waals surface area contributed by atoms with Gasteiger partial charge in [0.15, 0.2) is 0 Å². The van der Waals surface area contributed by atoms with Gasteiger partial charge in [-0.05, 0) is 37.5 Å². The second-order valence-electron chi connectivity index (χ2n) is 5.99. The van der Waals surface area contributed by atoms with Crippen molar-refractivity contribution in [2.24, 2.45) is 23.7 Å². The predicted octanol–water partition coefficient (Wildman–Crippen LogP) is 2.62. The van der Waals surface area contributed by atoms with Gasteiger partial charge in [0.1, 0.15) is 0 Å². The Morgan fingerprint density at radius 2 is 1.88 bits per heavy atom. The van der Waals surface area contributed by atoms with Crippen LogP contribution in [0.5, 0.6) is 0 Å². The lowest BCUT2D eigenvalue weighted by molar-refractivity contribution is -0.181. The smallest absolute Gasteiger partial charge is 0.312 e. The number of esters is 1. The number of carbonyl (C=O) groups excluding carboxylic acids is 1. The molecule has 1 aliphatic rings. The third-order valence-corrected chi connectivity index (χ3v) is 3.96. The molecule has 100 valence electrons. The summed E-state index contributed by atoms with van der Waals surface area (Å²) in [5.74, 6) is 0.609. The molecule has 0 saturated heterocycles. The summed E-state index contributed by atoms with van der Waals surface area (Å²) in [6.07, 6.45) is 1.46. The molecule has 0 bridgehead atoms. The SMILES string of the molecule is CCOC(=O)C(C(C)C)C1(O)CC(C(C)C)C1. The average Bonchev–Trinajstić information content (AvgIpc) is 2.13. The second kappa shape index (κ2) is 5.38. The van der Waals surface area contributed by atoms with Gasteiger partial charge in [0.25, 0.3) is 0 Å². The summed E-state index contributed by atoms with van der Waals surface area (Å²) in [4.78, 5) is 11.9. The molecule has 0 aromatic carbocycles. The lowest BCUT2D eigenvalue weighted by atomic mass is 9.59. The van der Waals surface area contributed by atoms with Crippen LogP contribution in [-0.2, 0) is 9.53 Å². The van der Waals surface area contributed by atoms with Crippen LogP contribution in [0.1, 0.15) is 47.5 Å². The zero-order valence-corrected chi connectivity index (χ0v) is 11.7. The highest BCUT2D eigenvalue weighted by Crippen LogP contribution is 2.48. The van der Waals surface area contributed by atoms with Gasteiger partial charge in [-0.1, -0.05) is 27.7 Å². The molecule has 1 rings (SSSR count). The van der Waals surface area contributed by atoms with Crippen LogP contribution in [-0.4, -0.2) is 23.3 Å². The maximum atomic E-state index is 11.9. The Hall–Kier alpha value is -0.570. The van der Waals surface area contributed by atoms with Gasteiger partial charge < -0.3 is 9.84 Å². The van der Waals surface area contributed by atoms with Crippen molar-refractivity contribution in [2.45, 2.75) is 53.1 Å². The molecule has 1 unspecified atom stereocenters. The van der Waals surface area contributed by atoms with Crippen LogP contribution in [0, 0.1) is 23.7 Å². The minimum atomic E-state index is -0.838. The van der Waals surface area contributed by atoms with Gasteiger partial charge in [-0.3, -0.25) is 4.79 Å². The van der Waals surface area contributed by atoms with Crippen LogP contribution in [0.3, 0.4) is 0 Å². The molecule has 17 heavy (non-hydrogen) atoms. The number of carbonyl (C=O) groups is 1. The van der Waals surface area contributed by atoms with Crippen molar-refractivity contribution in [1.29, 1.82) is 0 Å². The van der Waals surface area contributed by atoms with Crippen LogP contribution in [0.4, 0.5) is 0 Å². The predicted molar refractivity (Wildman–Crippen MR) is 67.5 cm³/mol. The van der Waals surface area contributed by atoms with Crippen LogP contribution in [0.25, 0.3) is 0 Å². The fourth-order valence-electron chi connectivity index (χ4n) is 2.92. The van der Waals surface area contributed by atoms with E-state index in [0.29, 0.717) is 18.4 Å². The summed E-state index contributed by atoms with van der Waals surface area (Å²) in [5, 5.41) is 10.6. The number of hydrogen-bond acceptors (Lipinski definition) is 3. The molecule has 0 aromatic rings. The molecule has 3 nitrogen and oxygen atoms in total. The quantitative estimate of drug-likeness (QED) is 0.754. The van der Waals surface area contributed by atoms with E-state index in [9.17, 15) is 9.90 Å². The summed E-state index contributed by atoms with van der Waals surface area (Å²) < 4.78 is 5.08. The zero-order valence-electron chi connectivity index (χ0n) is 11.7. The first kappa shape index (κ1) is 14.5. The van der Waals surface area contributed by atoms with E-state index in [1.165, 1.54) is 0 Å². The van der Waals surface area contributed by atoms with E-state index in [2.05, 4.69) is 13.8 Å². The molecule has 1 aliphatic carbocycles. The van der Waals surface area contributed by atoms with Crippen molar-refractivity contribution >= 4 is 5.97 Å². The Bertz CT molecular complexity index is 265. The van der Waals surface area contributed by atoms with Gasteiger partial charge in [-0.2, -0.15) is 0 Å². The molecular weight excluding hydrogens is 216 g/mol. The first-order chi connectivity index (χ1) is 7.81. The highest BCUT2D eigenvalue weighted by atomic mass is 16.5. The molecule has 0 aliphatic heterocycles. The largest absolute Gasteiger partial charge is 0.466 e. The van der Waals surface area contributed by atoms with Crippen LogP contribution < -0.4 is 0 Å². The number of hydrogen-bond donors (Lipinski definition) is 1. The molecule has 0 amide bonds. The number of ether oxygens (including phenoxy) is 1. The monoisotopic (exact) mass is 242 g/mol. The highest BCUT2D eigenvalue weighted by Gasteiger charge is 2.53. The van der Waals surface area contributed by atoms with Crippen molar-refractivity contribution in [3.05, 3.63) is 0 Å². The lowest BCUT2D eigenvalue weighted by Crippen LogP contribution is -2.55. The normalized spacial score (nSPS) is 30.2. The van der Waals surface area contributed by atoms with Gasteiger partial charge >= 0.3 is 5.97 Å². The molecule has 0 heterocycles. The van der Waals surface area contributed by atoms with E-state index in [0.717, 1.165) is 12.8 Å². The summed E-state index contributed by atoms with van der Waals surface area (Å²) in [6, 6.07) is 0. The third-order valence-electron chi connectivity index (χ3n) is 3.96. The van der Waals surface area contributed by atoms with Crippen molar-refractivity contribution in [3.8, 4) is 0 Å². The van der Waals surface area contributed by atoms with E-state index in [1.54, 1.807) is 6.92 Å². The Morgan fingerprint density at radius 3 is 2.24 bits per heavy atom. The maximum absolute atomic E-state index is 11.9. The summed E-state index contributed by atoms with van der Waals surface area (Å²) in [5.41, 5.74) is -0.838. The van der Waals surface area contributed by atoms with Crippen LogP contribution in [0.15, 0.2) is 0 Å². The molecule has 1 saturated carbocycles. The van der Waals surface area contributed by atoms with Crippen LogP contribution >= 0.6 is 0 Å². The van der Waals surface area contributed by atoms with Gasteiger partial charge in [-0.15, -0.1) is 0 Å². The molecule has 0 radical (unpaired) electrons. The first-order valence-corrected chi connectivity index (χ1v) is 6.70. The molecule has 0 spiro atoms. The molecule has 0 aromatic heterocycles. The fraction of sp³-hybridized carbons (Fsp3) is 0.929. The average molecular weight is 242 g/mol. The number of aliphatic hydroxyl groups is 1. The van der Waals surface area contributed by atoms with Gasteiger partial charge in [-0.25, -0.2) is 0 Å². The minimum Gasteiger partial charge on any atom is -0.466 e. The first-order valence-electron chi connectivity index (χ1n) is 6.70. The topological polar surface area (TPSA) is 46.5 Å². The molecule has 1 atom stereocenters. The lowest BCUT2D eigenvalue weighted by Gasteiger charge is -2.50. The van der Waals surface area contributed by atoms with E-state index in [4.69, 9.17) is 4.74 Å². The molecular formula is C14H26O3. The Kier molecular flexibility index (Phi) is 4.59.